The SMILES string of the molecule is CCC1CCCCC1C1CCCCC1CNC1CC1. The van der Waals surface area contributed by atoms with E-state index in [2.05, 4.69) is 12.2 Å². The number of nitrogens with one attached hydrogen (secondary N) is 1. The van der Waals surface area contributed by atoms with E-state index < -0.39 is 0 Å². The third-order valence-electron chi connectivity index (χ3n) is 6.26. The van der Waals surface area contributed by atoms with Crippen molar-refractivity contribution in [1.82, 2.24) is 5.32 Å². The van der Waals surface area contributed by atoms with E-state index in [1.165, 1.54) is 70.8 Å². The summed E-state index contributed by atoms with van der Waals surface area (Å²) in [5, 5.41) is 3.83. The van der Waals surface area contributed by atoms with Crippen molar-refractivity contribution in [1.29, 1.82) is 0 Å². The van der Waals surface area contributed by atoms with Gasteiger partial charge in [-0.2, -0.15) is 0 Å². The maximum atomic E-state index is 3.83. The minimum atomic E-state index is 0.899. The zero-order valence-corrected chi connectivity index (χ0v) is 12.9. The molecule has 4 atom stereocenters. The summed E-state index contributed by atoms with van der Waals surface area (Å²) in [6.07, 6.45) is 16.5. The molecule has 1 N–H and O–H groups in total. The Kier molecular flexibility index (Phi) is 4.84. The van der Waals surface area contributed by atoms with Crippen LogP contribution >= 0.6 is 0 Å². The summed E-state index contributed by atoms with van der Waals surface area (Å²) in [6, 6.07) is 0.899. The Balaban J connectivity index is 1.60. The van der Waals surface area contributed by atoms with E-state index in [0.717, 1.165) is 29.7 Å². The molecule has 0 amide bonds. The Morgan fingerprint density at radius 1 is 0.737 bits per heavy atom. The second-order valence-corrected chi connectivity index (χ2v) is 7.51. The quantitative estimate of drug-likeness (QED) is 0.754. The van der Waals surface area contributed by atoms with Crippen LogP contribution < -0.4 is 5.32 Å². The number of hydrogen-bond donors (Lipinski definition) is 1. The molecular formula is C18H33N. The molecule has 1 nitrogen and oxygen atoms in total. The molecule has 0 aromatic carbocycles. The van der Waals surface area contributed by atoms with Gasteiger partial charge < -0.3 is 5.32 Å². The van der Waals surface area contributed by atoms with E-state index >= 15 is 0 Å². The smallest absolute Gasteiger partial charge is 0.00683 e. The first-order valence-electron chi connectivity index (χ1n) is 9.12. The van der Waals surface area contributed by atoms with Gasteiger partial charge in [0.15, 0.2) is 0 Å². The topological polar surface area (TPSA) is 12.0 Å². The average Bonchev–Trinajstić information content (AvgIpc) is 3.29. The Hall–Kier alpha value is -0.0400. The van der Waals surface area contributed by atoms with Crippen LogP contribution in [0.5, 0.6) is 0 Å². The van der Waals surface area contributed by atoms with Gasteiger partial charge in [-0.3, -0.25) is 0 Å². The fourth-order valence-electron chi connectivity index (χ4n) is 4.97. The molecule has 0 spiro atoms. The monoisotopic (exact) mass is 263 g/mol. The third kappa shape index (κ3) is 3.54. The zero-order chi connectivity index (χ0) is 13.1. The first kappa shape index (κ1) is 13.9. The van der Waals surface area contributed by atoms with Gasteiger partial charge in [0.25, 0.3) is 0 Å². The van der Waals surface area contributed by atoms with Gasteiger partial charge in [-0.25, -0.2) is 0 Å². The van der Waals surface area contributed by atoms with E-state index in [-0.39, 0.29) is 0 Å². The lowest BCUT2D eigenvalue weighted by atomic mass is 9.63. The van der Waals surface area contributed by atoms with Gasteiger partial charge in [0, 0.05) is 6.04 Å². The Bertz CT molecular complexity index is 271. The highest BCUT2D eigenvalue weighted by atomic mass is 14.9. The van der Waals surface area contributed by atoms with Crippen molar-refractivity contribution in [3.05, 3.63) is 0 Å². The maximum Gasteiger partial charge on any atom is 0.00683 e. The van der Waals surface area contributed by atoms with Crippen LogP contribution in [-0.4, -0.2) is 12.6 Å². The van der Waals surface area contributed by atoms with E-state index in [1.807, 2.05) is 0 Å². The lowest BCUT2D eigenvalue weighted by Crippen LogP contribution is -2.38. The normalized spacial score (nSPS) is 40.3. The molecular weight excluding hydrogens is 230 g/mol. The summed E-state index contributed by atoms with van der Waals surface area (Å²) in [4.78, 5) is 0. The standard InChI is InChI=1S/C18H33N/c1-2-14-7-3-5-9-17(14)18-10-6-4-8-15(18)13-19-16-11-12-16/h14-19H,2-13H2,1H3. The van der Waals surface area contributed by atoms with Crippen LogP contribution in [0.4, 0.5) is 0 Å². The Morgan fingerprint density at radius 3 is 1.95 bits per heavy atom. The Labute approximate surface area is 119 Å². The minimum Gasteiger partial charge on any atom is -0.314 e. The first-order valence-corrected chi connectivity index (χ1v) is 9.12. The highest BCUT2D eigenvalue weighted by Crippen LogP contribution is 2.45. The minimum absolute atomic E-state index is 0.899. The number of hydrogen-bond acceptors (Lipinski definition) is 1. The van der Waals surface area contributed by atoms with Crippen molar-refractivity contribution < 1.29 is 0 Å². The van der Waals surface area contributed by atoms with Gasteiger partial charge in [0.1, 0.15) is 0 Å². The van der Waals surface area contributed by atoms with Crippen LogP contribution in [0.25, 0.3) is 0 Å². The molecule has 19 heavy (non-hydrogen) atoms. The van der Waals surface area contributed by atoms with E-state index in [9.17, 15) is 0 Å². The molecule has 3 aliphatic rings. The van der Waals surface area contributed by atoms with E-state index in [0.29, 0.717) is 0 Å². The van der Waals surface area contributed by atoms with Crippen LogP contribution in [-0.2, 0) is 0 Å². The lowest BCUT2D eigenvalue weighted by molar-refractivity contribution is 0.0785. The van der Waals surface area contributed by atoms with Gasteiger partial charge in [-0.15, -0.1) is 0 Å². The fraction of sp³-hybridized carbons (Fsp3) is 1.00. The van der Waals surface area contributed by atoms with Crippen molar-refractivity contribution in [2.75, 3.05) is 6.54 Å². The second kappa shape index (κ2) is 6.61. The molecule has 0 heterocycles. The van der Waals surface area contributed by atoms with Gasteiger partial charge in [-0.1, -0.05) is 45.4 Å². The molecule has 3 aliphatic carbocycles. The summed E-state index contributed by atoms with van der Waals surface area (Å²) < 4.78 is 0. The molecule has 0 saturated heterocycles. The van der Waals surface area contributed by atoms with Crippen LogP contribution in [0.15, 0.2) is 0 Å². The Morgan fingerprint density at radius 2 is 1.32 bits per heavy atom. The molecule has 0 bridgehead atoms. The van der Waals surface area contributed by atoms with Gasteiger partial charge >= 0.3 is 0 Å². The maximum absolute atomic E-state index is 3.83. The van der Waals surface area contributed by atoms with Gasteiger partial charge in [-0.05, 0) is 62.3 Å². The average molecular weight is 263 g/mol. The first-order chi connectivity index (χ1) is 9.38. The fourth-order valence-corrected chi connectivity index (χ4v) is 4.97. The largest absolute Gasteiger partial charge is 0.314 e. The van der Waals surface area contributed by atoms with Crippen molar-refractivity contribution in [2.45, 2.75) is 83.6 Å². The highest BCUT2D eigenvalue weighted by Gasteiger charge is 2.37. The molecule has 3 rings (SSSR count). The number of rotatable bonds is 5. The van der Waals surface area contributed by atoms with E-state index in [1.54, 1.807) is 6.42 Å². The van der Waals surface area contributed by atoms with Crippen LogP contribution in [0, 0.1) is 23.7 Å². The van der Waals surface area contributed by atoms with Crippen molar-refractivity contribution >= 4 is 0 Å². The summed E-state index contributed by atoms with van der Waals surface area (Å²) in [7, 11) is 0. The molecule has 110 valence electrons. The summed E-state index contributed by atoms with van der Waals surface area (Å²) in [5.41, 5.74) is 0. The van der Waals surface area contributed by atoms with Gasteiger partial charge in [0.2, 0.25) is 0 Å². The molecule has 0 aliphatic heterocycles. The molecule has 1 heteroatoms. The predicted octanol–water partition coefficient (Wildman–Crippen LogP) is 4.76. The zero-order valence-electron chi connectivity index (χ0n) is 12.9. The third-order valence-corrected chi connectivity index (χ3v) is 6.26. The van der Waals surface area contributed by atoms with Crippen molar-refractivity contribution in [3.8, 4) is 0 Å². The molecule has 3 saturated carbocycles. The van der Waals surface area contributed by atoms with E-state index in [4.69, 9.17) is 0 Å². The summed E-state index contributed by atoms with van der Waals surface area (Å²) >= 11 is 0. The van der Waals surface area contributed by atoms with Crippen LogP contribution in [0.3, 0.4) is 0 Å². The molecule has 3 fully saturated rings. The second-order valence-electron chi connectivity index (χ2n) is 7.51. The van der Waals surface area contributed by atoms with Crippen LogP contribution in [0.2, 0.25) is 0 Å². The molecule has 4 unspecified atom stereocenters. The van der Waals surface area contributed by atoms with Crippen molar-refractivity contribution in [2.24, 2.45) is 23.7 Å². The predicted molar refractivity (Wildman–Crippen MR) is 82.2 cm³/mol. The van der Waals surface area contributed by atoms with Gasteiger partial charge in [0.05, 0.1) is 0 Å². The van der Waals surface area contributed by atoms with Crippen LogP contribution in [0.1, 0.15) is 77.6 Å². The molecule has 0 aromatic rings. The lowest BCUT2D eigenvalue weighted by Gasteiger charge is -2.43. The molecule has 0 radical (unpaired) electrons. The van der Waals surface area contributed by atoms with Crippen molar-refractivity contribution in [3.63, 3.8) is 0 Å². The molecule has 0 aromatic heterocycles. The highest BCUT2D eigenvalue weighted by molar-refractivity contribution is 4.89. The summed E-state index contributed by atoms with van der Waals surface area (Å²) in [5.74, 6) is 4.20. The summed E-state index contributed by atoms with van der Waals surface area (Å²) in [6.45, 7) is 3.77.